The molecule has 0 amide bonds. The topological polar surface area (TPSA) is 53.0 Å². The van der Waals surface area contributed by atoms with Crippen LogP contribution in [0.1, 0.15) is 43.0 Å². The summed E-state index contributed by atoms with van der Waals surface area (Å²) in [5, 5.41) is 15.8. The van der Waals surface area contributed by atoms with Crippen molar-refractivity contribution in [3.05, 3.63) is 40.2 Å². The number of aryl methyl sites for hydroxylation is 3. The summed E-state index contributed by atoms with van der Waals surface area (Å²) in [4.78, 5) is 0.538. The van der Waals surface area contributed by atoms with Gasteiger partial charge in [0.05, 0.1) is 0 Å². The normalized spacial score (nSPS) is 10.9. The van der Waals surface area contributed by atoms with Gasteiger partial charge in [0.25, 0.3) is 0 Å². The lowest BCUT2D eigenvalue weighted by Gasteiger charge is -2.07. The quantitative estimate of drug-likeness (QED) is 0.612. The Hall–Kier alpha value is -1.84. The average molecular weight is 260 g/mol. The minimum absolute atomic E-state index is 0.538. The van der Waals surface area contributed by atoms with Crippen molar-refractivity contribution in [2.75, 3.05) is 0 Å². The van der Waals surface area contributed by atoms with Crippen LogP contribution in [-0.4, -0.2) is 5.16 Å². The summed E-state index contributed by atoms with van der Waals surface area (Å²) in [6.07, 6.45) is 4.10. The van der Waals surface area contributed by atoms with Gasteiger partial charge in [-0.05, 0) is 36.3 Å². The van der Waals surface area contributed by atoms with Gasteiger partial charge < -0.3 is 5.21 Å². The summed E-state index contributed by atoms with van der Waals surface area (Å²) in [6, 6.07) is 6.00. The van der Waals surface area contributed by atoms with Gasteiger partial charge in [0, 0.05) is 17.1 Å². The molecule has 2 rings (SSSR count). The number of rotatable bonds is 5. The zero-order valence-corrected chi connectivity index (χ0v) is 11.8. The Bertz CT molecular complexity index is 541. The van der Waals surface area contributed by atoms with E-state index in [0.717, 1.165) is 48.1 Å². The molecule has 0 bridgehead atoms. The number of hydrogen-bond acceptors (Lipinski definition) is 3. The maximum atomic E-state index is 11.9. The van der Waals surface area contributed by atoms with Crippen LogP contribution >= 0.6 is 0 Å². The van der Waals surface area contributed by atoms with Gasteiger partial charge in [-0.2, -0.15) is 0 Å². The van der Waals surface area contributed by atoms with Gasteiger partial charge in [0.2, 0.25) is 11.4 Å². The lowest BCUT2D eigenvalue weighted by Crippen LogP contribution is -2.26. The molecule has 0 saturated heterocycles. The van der Waals surface area contributed by atoms with Crippen LogP contribution in [0.3, 0.4) is 0 Å². The molecule has 102 valence electrons. The summed E-state index contributed by atoms with van der Waals surface area (Å²) in [5.41, 5.74) is 4.44. The van der Waals surface area contributed by atoms with Crippen LogP contribution in [0.15, 0.2) is 22.8 Å². The van der Waals surface area contributed by atoms with Crippen molar-refractivity contribution in [2.24, 2.45) is 0 Å². The molecule has 19 heavy (non-hydrogen) atoms. The minimum atomic E-state index is 0.538. The number of nitrogens with zero attached hydrogens (tertiary/aromatic N) is 2. The fourth-order valence-electron chi connectivity index (χ4n) is 2.41. The van der Waals surface area contributed by atoms with Crippen molar-refractivity contribution in [1.29, 1.82) is 0 Å². The molecule has 0 aliphatic heterocycles. The largest absolute Gasteiger partial charge is 0.359 e. The van der Waals surface area contributed by atoms with Crippen molar-refractivity contribution >= 4 is 0 Å². The number of benzene rings is 1. The number of hydrogen-bond donors (Lipinski definition) is 0. The van der Waals surface area contributed by atoms with E-state index in [2.05, 4.69) is 12.1 Å². The number of unbranched alkanes of at least 4 members (excludes halogenated alkanes) is 2. The molecular formula is C15H20N2O2. The van der Waals surface area contributed by atoms with Gasteiger partial charge in [-0.15, -0.1) is 0 Å². The Morgan fingerprint density at radius 1 is 1.21 bits per heavy atom. The predicted molar refractivity (Wildman–Crippen MR) is 73.6 cm³/mol. The average Bonchev–Trinajstić information content (AvgIpc) is 2.72. The fourth-order valence-corrected chi connectivity index (χ4v) is 2.41. The second-order valence-electron chi connectivity index (χ2n) is 4.95. The maximum absolute atomic E-state index is 11.9. The molecule has 0 fully saturated rings. The molecular weight excluding hydrogens is 240 g/mol. The third-order valence-corrected chi connectivity index (χ3v) is 3.42. The third kappa shape index (κ3) is 2.78. The predicted octanol–water partition coefficient (Wildman–Crippen LogP) is 3.32. The highest BCUT2D eigenvalue weighted by Crippen LogP contribution is 2.27. The molecule has 0 radical (unpaired) electrons. The van der Waals surface area contributed by atoms with Crippen molar-refractivity contribution in [2.45, 2.75) is 46.5 Å². The summed E-state index contributed by atoms with van der Waals surface area (Å²) in [7, 11) is 0. The molecule has 4 heteroatoms. The van der Waals surface area contributed by atoms with Gasteiger partial charge in [-0.1, -0.05) is 38.0 Å². The molecule has 0 saturated carbocycles. The van der Waals surface area contributed by atoms with E-state index >= 15 is 0 Å². The molecule has 4 nitrogen and oxygen atoms in total. The summed E-state index contributed by atoms with van der Waals surface area (Å²) in [5.74, 6) is 0. The standard InChI is InChI=1S/C15H20N2O2/c1-4-5-6-10-13-15(17(18)19-16-13)14-11(2)8-7-9-12(14)3/h7-9H,4-6,10H2,1-3H3. The molecule has 1 heterocycles. The van der Waals surface area contributed by atoms with E-state index < -0.39 is 0 Å². The van der Waals surface area contributed by atoms with Gasteiger partial charge in [-0.25, -0.2) is 0 Å². The first-order valence-corrected chi connectivity index (χ1v) is 6.80. The second kappa shape index (κ2) is 5.87. The molecule has 0 spiro atoms. The first-order chi connectivity index (χ1) is 9.15. The van der Waals surface area contributed by atoms with Crippen molar-refractivity contribution in [1.82, 2.24) is 5.16 Å². The lowest BCUT2D eigenvalue weighted by molar-refractivity contribution is -0.793. The van der Waals surface area contributed by atoms with Crippen LogP contribution < -0.4 is 4.90 Å². The van der Waals surface area contributed by atoms with Crippen molar-refractivity contribution in [3.8, 4) is 11.3 Å². The molecule has 0 atom stereocenters. The Labute approximate surface area is 113 Å². The highest BCUT2D eigenvalue weighted by Gasteiger charge is 2.23. The van der Waals surface area contributed by atoms with Crippen LogP contribution in [0.4, 0.5) is 0 Å². The molecule has 1 aromatic heterocycles. The van der Waals surface area contributed by atoms with Crippen LogP contribution in [-0.2, 0) is 6.42 Å². The Morgan fingerprint density at radius 3 is 2.53 bits per heavy atom. The summed E-state index contributed by atoms with van der Waals surface area (Å²) in [6.45, 7) is 6.17. The van der Waals surface area contributed by atoms with Crippen molar-refractivity contribution < 1.29 is 9.53 Å². The summed E-state index contributed by atoms with van der Waals surface area (Å²) >= 11 is 0. The molecule has 0 N–H and O–H groups in total. The SMILES string of the molecule is CCCCCc1no[n+]([O-])c1-c1c(C)cccc1C. The van der Waals surface area contributed by atoms with E-state index in [-0.39, 0.29) is 0 Å². The van der Waals surface area contributed by atoms with Gasteiger partial charge in [-0.3, -0.25) is 4.63 Å². The Kier molecular flexibility index (Phi) is 4.20. The maximum Gasteiger partial charge on any atom is 0.229 e. The Balaban J connectivity index is 2.41. The van der Waals surface area contributed by atoms with Crippen molar-refractivity contribution in [3.63, 3.8) is 0 Å². The summed E-state index contributed by atoms with van der Waals surface area (Å²) < 4.78 is 4.80. The smallest absolute Gasteiger partial charge is 0.229 e. The molecule has 0 aliphatic carbocycles. The second-order valence-corrected chi connectivity index (χ2v) is 4.95. The van der Waals surface area contributed by atoms with Crippen LogP contribution in [0.2, 0.25) is 0 Å². The molecule has 1 aromatic carbocycles. The molecule has 0 unspecified atom stereocenters. The van der Waals surface area contributed by atoms with E-state index in [9.17, 15) is 5.21 Å². The van der Waals surface area contributed by atoms with Gasteiger partial charge in [0.1, 0.15) is 0 Å². The van der Waals surface area contributed by atoms with Gasteiger partial charge >= 0.3 is 0 Å². The minimum Gasteiger partial charge on any atom is -0.359 e. The zero-order chi connectivity index (χ0) is 13.8. The molecule has 2 aromatic rings. The third-order valence-electron chi connectivity index (χ3n) is 3.42. The highest BCUT2D eigenvalue weighted by atomic mass is 16.8. The Morgan fingerprint density at radius 2 is 1.89 bits per heavy atom. The van der Waals surface area contributed by atoms with Gasteiger partial charge in [0.15, 0.2) is 0 Å². The van der Waals surface area contributed by atoms with E-state index in [0.29, 0.717) is 10.6 Å². The molecule has 0 aliphatic rings. The first-order valence-electron chi connectivity index (χ1n) is 6.80. The fraction of sp³-hybridized carbons (Fsp3) is 0.467. The first kappa shape index (κ1) is 13.6. The van der Waals surface area contributed by atoms with Crippen LogP contribution in [0, 0.1) is 19.1 Å². The number of aromatic nitrogens is 2. The van der Waals surface area contributed by atoms with E-state index in [1.54, 1.807) is 0 Å². The zero-order valence-electron chi connectivity index (χ0n) is 11.8. The van der Waals surface area contributed by atoms with Crippen LogP contribution in [0.25, 0.3) is 11.3 Å². The van der Waals surface area contributed by atoms with E-state index in [4.69, 9.17) is 4.63 Å². The lowest BCUT2D eigenvalue weighted by atomic mass is 9.97. The van der Waals surface area contributed by atoms with E-state index in [1.807, 2.05) is 32.0 Å². The monoisotopic (exact) mass is 260 g/mol. The van der Waals surface area contributed by atoms with E-state index in [1.165, 1.54) is 0 Å². The highest BCUT2D eigenvalue weighted by molar-refractivity contribution is 5.66. The van der Waals surface area contributed by atoms with Crippen LogP contribution in [0.5, 0.6) is 0 Å².